The zero-order valence-corrected chi connectivity index (χ0v) is 12.1. The van der Waals surface area contributed by atoms with Crippen LogP contribution in [-0.4, -0.2) is 48.3 Å². The third-order valence-electron chi connectivity index (χ3n) is 4.15. The number of amides is 3. The monoisotopic (exact) mass is 288 g/mol. The van der Waals surface area contributed by atoms with Crippen LogP contribution in [-0.2, 0) is 14.6 Å². The number of urea groups is 1. The van der Waals surface area contributed by atoms with Gasteiger partial charge < -0.3 is 4.90 Å². The average Bonchev–Trinajstić information content (AvgIpc) is 2.86. The summed E-state index contributed by atoms with van der Waals surface area (Å²) in [6.45, 7) is 3.34. The minimum Gasteiger partial charge on any atom is -0.309 e. The quantitative estimate of drug-likeness (QED) is 0.771. The number of carbonyl (C=O) groups is 2. The summed E-state index contributed by atoms with van der Waals surface area (Å²) in [4.78, 5) is 25.2. The SMILES string of the molecule is CC(C)S(=O)(=O)CCN1C(=O)NC(=O)C12CCCC2. The van der Waals surface area contributed by atoms with E-state index in [1.54, 1.807) is 13.8 Å². The van der Waals surface area contributed by atoms with Crippen LogP contribution in [0.25, 0.3) is 0 Å². The highest BCUT2D eigenvalue weighted by atomic mass is 32.2. The molecule has 0 aromatic carbocycles. The standard InChI is InChI=1S/C12H20N2O4S/c1-9(2)19(17,18)8-7-14-11(16)13-10(15)12(14)5-3-4-6-12/h9H,3-8H2,1-2H3,(H,13,15,16). The number of nitrogens with zero attached hydrogens (tertiary/aromatic N) is 1. The van der Waals surface area contributed by atoms with Crippen molar-refractivity contribution in [1.82, 2.24) is 10.2 Å². The van der Waals surface area contributed by atoms with Gasteiger partial charge in [-0.2, -0.15) is 0 Å². The largest absolute Gasteiger partial charge is 0.325 e. The van der Waals surface area contributed by atoms with Crippen LogP contribution in [0.4, 0.5) is 4.79 Å². The van der Waals surface area contributed by atoms with Crippen molar-refractivity contribution in [2.45, 2.75) is 50.3 Å². The molecule has 1 heterocycles. The summed E-state index contributed by atoms with van der Waals surface area (Å²) in [5, 5.41) is 1.85. The second-order valence-electron chi connectivity index (χ2n) is 5.57. The first-order valence-corrected chi connectivity index (χ1v) is 8.36. The Morgan fingerprint density at radius 2 is 1.84 bits per heavy atom. The first-order valence-electron chi connectivity index (χ1n) is 6.64. The highest BCUT2D eigenvalue weighted by molar-refractivity contribution is 7.92. The Kier molecular flexibility index (Phi) is 3.59. The molecule has 1 aliphatic carbocycles. The Bertz CT molecular complexity index is 492. The summed E-state index contributed by atoms with van der Waals surface area (Å²) >= 11 is 0. The van der Waals surface area contributed by atoms with Gasteiger partial charge in [-0.1, -0.05) is 12.8 Å². The van der Waals surface area contributed by atoms with Crippen molar-refractivity contribution in [2.75, 3.05) is 12.3 Å². The lowest BCUT2D eigenvalue weighted by Crippen LogP contribution is -2.49. The van der Waals surface area contributed by atoms with Gasteiger partial charge in [0.15, 0.2) is 9.84 Å². The molecule has 2 fully saturated rings. The van der Waals surface area contributed by atoms with E-state index >= 15 is 0 Å². The Labute approximate surface area is 113 Å². The van der Waals surface area contributed by atoms with Gasteiger partial charge in [0.25, 0.3) is 5.91 Å². The van der Waals surface area contributed by atoms with Crippen molar-refractivity contribution in [3.8, 4) is 0 Å². The van der Waals surface area contributed by atoms with E-state index in [2.05, 4.69) is 5.32 Å². The van der Waals surface area contributed by atoms with Crippen LogP contribution < -0.4 is 5.32 Å². The molecule has 0 radical (unpaired) electrons. The molecule has 1 saturated heterocycles. The Balaban J connectivity index is 2.14. The van der Waals surface area contributed by atoms with Crippen LogP contribution in [0, 0.1) is 0 Å². The molecule has 0 atom stereocenters. The molecular formula is C12H20N2O4S. The lowest BCUT2D eigenvalue weighted by atomic mass is 9.96. The highest BCUT2D eigenvalue weighted by Gasteiger charge is 2.53. The van der Waals surface area contributed by atoms with Gasteiger partial charge in [0.05, 0.1) is 11.0 Å². The number of hydrogen-bond donors (Lipinski definition) is 1. The highest BCUT2D eigenvalue weighted by Crippen LogP contribution is 2.38. The first kappa shape index (κ1) is 14.3. The number of sulfone groups is 1. The predicted octanol–water partition coefficient (Wildman–Crippen LogP) is 0.674. The van der Waals surface area contributed by atoms with E-state index in [1.165, 1.54) is 4.90 Å². The lowest BCUT2D eigenvalue weighted by molar-refractivity contribution is -0.126. The van der Waals surface area contributed by atoms with Gasteiger partial charge in [0.1, 0.15) is 5.54 Å². The van der Waals surface area contributed by atoms with E-state index < -0.39 is 26.7 Å². The molecule has 108 valence electrons. The fourth-order valence-corrected chi connectivity index (χ4v) is 3.73. The van der Waals surface area contributed by atoms with Crippen molar-refractivity contribution in [3.63, 3.8) is 0 Å². The summed E-state index contributed by atoms with van der Waals surface area (Å²) in [5.41, 5.74) is -0.788. The van der Waals surface area contributed by atoms with Gasteiger partial charge in [0.2, 0.25) is 0 Å². The van der Waals surface area contributed by atoms with Gasteiger partial charge in [-0.25, -0.2) is 13.2 Å². The Morgan fingerprint density at radius 1 is 1.26 bits per heavy atom. The summed E-state index contributed by atoms with van der Waals surface area (Å²) in [7, 11) is -3.21. The fourth-order valence-electron chi connectivity index (χ4n) is 2.82. The maximum Gasteiger partial charge on any atom is 0.325 e. The van der Waals surface area contributed by atoms with Crippen molar-refractivity contribution in [2.24, 2.45) is 0 Å². The number of rotatable bonds is 4. The molecule has 2 rings (SSSR count). The summed E-state index contributed by atoms with van der Waals surface area (Å²) in [6, 6.07) is -0.453. The molecule has 19 heavy (non-hydrogen) atoms. The Morgan fingerprint density at radius 3 is 2.37 bits per heavy atom. The maximum absolute atomic E-state index is 12.0. The molecule has 3 amide bonds. The van der Waals surface area contributed by atoms with E-state index in [4.69, 9.17) is 0 Å². The molecule has 1 saturated carbocycles. The molecule has 0 aromatic rings. The molecule has 0 bridgehead atoms. The second kappa shape index (κ2) is 4.77. The van der Waals surface area contributed by atoms with Crippen molar-refractivity contribution >= 4 is 21.8 Å². The zero-order chi connectivity index (χ0) is 14.3. The smallest absolute Gasteiger partial charge is 0.309 e. The second-order valence-corrected chi connectivity index (χ2v) is 8.24. The van der Waals surface area contributed by atoms with E-state index in [0.29, 0.717) is 12.8 Å². The molecule has 1 N–H and O–H groups in total. The van der Waals surface area contributed by atoms with Crippen LogP contribution in [0.3, 0.4) is 0 Å². The third-order valence-corrected chi connectivity index (χ3v) is 6.34. The van der Waals surface area contributed by atoms with E-state index in [9.17, 15) is 18.0 Å². The normalized spacial score (nSPS) is 22.6. The fraction of sp³-hybridized carbons (Fsp3) is 0.833. The van der Waals surface area contributed by atoms with Gasteiger partial charge in [-0.3, -0.25) is 10.1 Å². The zero-order valence-electron chi connectivity index (χ0n) is 11.3. The maximum atomic E-state index is 12.0. The molecule has 2 aliphatic rings. The van der Waals surface area contributed by atoms with E-state index in [-0.39, 0.29) is 18.2 Å². The minimum absolute atomic E-state index is 0.0902. The molecule has 0 aromatic heterocycles. The van der Waals surface area contributed by atoms with Gasteiger partial charge in [-0.15, -0.1) is 0 Å². The third kappa shape index (κ3) is 2.35. The molecule has 1 spiro atoms. The van der Waals surface area contributed by atoms with Crippen LogP contribution in [0.5, 0.6) is 0 Å². The minimum atomic E-state index is -3.21. The number of hydrogen-bond acceptors (Lipinski definition) is 4. The molecular weight excluding hydrogens is 268 g/mol. The van der Waals surface area contributed by atoms with Crippen LogP contribution in [0.1, 0.15) is 39.5 Å². The lowest BCUT2D eigenvalue weighted by Gasteiger charge is -2.31. The van der Waals surface area contributed by atoms with Crippen LogP contribution in [0.2, 0.25) is 0 Å². The van der Waals surface area contributed by atoms with E-state index in [1.807, 2.05) is 0 Å². The Hall–Kier alpha value is -1.11. The summed E-state index contributed by atoms with van der Waals surface area (Å²) in [5.74, 6) is -0.357. The predicted molar refractivity (Wildman–Crippen MR) is 70.4 cm³/mol. The van der Waals surface area contributed by atoms with Crippen LogP contribution >= 0.6 is 0 Å². The van der Waals surface area contributed by atoms with Crippen molar-refractivity contribution < 1.29 is 18.0 Å². The molecule has 0 unspecified atom stereocenters. The number of imide groups is 1. The van der Waals surface area contributed by atoms with Gasteiger partial charge in [0, 0.05) is 6.54 Å². The average molecular weight is 288 g/mol. The first-order chi connectivity index (χ1) is 8.79. The van der Waals surface area contributed by atoms with Crippen LogP contribution in [0.15, 0.2) is 0 Å². The molecule has 7 heteroatoms. The van der Waals surface area contributed by atoms with Gasteiger partial charge in [-0.05, 0) is 26.7 Å². The number of nitrogens with one attached hydrogen (secondary N) is 1. The molecule has 1 aliphatic heterocycles. The van der Waals surface area contributed by atoms with Crippen molar-refractivity contribution in [3.05, 3.63) is 0 Å². The summed E-state index contributed by atoms with van der Waals surface area (Å²) in [6.07, 6.45) is 3.06. The van der Waals surface area contributed by atoms with Gasteiger partial charge >= 0.3 is 6.03 Å². The van der Waals surface area contributed by atoms with E-state index in [0.717, 1.165) is 12.8 Å². The molecule has 6 nitrogen and oxygen atoms in total. The van der Waals surface area contributed by atoms with Crippen molar-refractivity contribution in [1.29, 1.82) is 0 Å². The topological polar surface area (TPSA) is 83.6 Å². The summed E-state index contributed by atoms with van der Waals surface area (Å²) < 4.78 is 23.7. The number of carbonyl (C=O) groups excluding carboxylic acids is 2.